The second-order valence-corrected chi connectivity index (χ2v) is 7.32. The van der Waals surface area contributed by atoms with E-state index in [1.54, 1.807) is 0 Å². The lowest BCUT2D eigenvalue weighted by molar-refractivity contribution is -0.121. The second-order valence-electron chi connectivity index (χ2n) is 6.91. The summed E-state index contributed by atoms with van der Waals surface area (Å²) in [5.41, 5.74) is 3.33. The predicted octanol–water partition coefficient (Wildman–Crippen LogP) is 5.22. The van der Waals surface area contributed by atoms with Crippen molar-refractivity contribution in [2.45, 2.75) is 46.0 Å². The normalized spacial score (nSPS) is 11.7. The summed E-state index contributed by atoms with van der Waals surface area (Å²) in [4.78, 5) is 12.1. The zero-order valence-corrected chi connectivity index (χ0v) is 17.2. The number of anilines is 1. The maximum absolute atomic E-state index is 12.1. The number of carbonyl (C=O) groups is 1. The quantitative estimate of drug-likeness (QED) is 0.643. The second kappa shape index (κ2) is 10.1. The van der Waals surface area contributed by atoms with Gasteiger partial charge in [-0.05, 0) is 59.8 Å². The Balaban J connectivity index is 1.86. The lowest BCUT2D eigenvalue weighted by Gasteiger charge is -2.17. The topological polar surface area (TPSA) is 50.4 Å². The lowest BCUT2D eigenvalue weighted by Crippen LogP contribution is -2.37. The summed E-state index contributed by atoms with van der Waals surface area (Å²) in [7, 11) is 0. The van der Waals surface area contributed by atoms with Gasteiger partial charge in [0, 0.05) is 5.69 Å². The monoisotopic (exact) mass is 384 g/mol. The van der Waals surface area contributed by atoms with Gasteiger partial charge in [0.15, 0.2) is 11.7 Å². The number of benzene rings is 2. The number of carbonyl (C=O) groups excluding carboxylic acids is 1. The molecule has 2 aromatic rings. The fourth-order valence-corrected chi connectivity index (χ4v) is 2.90. The highest BCUT2D eigenvalue weighted by molar-refractivity contribution is 7.80. The third-order valence-electron chi connectivity index (χ3n) is 4.52. The number of amides is 1. The van der Waals surface area contributed by atoms with Crippen LogP contribution in [-0.4, -0.2) is 17.6 Å². The van der Waals surface area contributed by atoms with Gasteiger partial charge in [-0.2, -0.15) is 0 Å². The Bertz CT molecular complexity index is 772. The predicted molar refractivity (Wildman–Crippen MR) is 116 cm³/mol. The third kappa shape index (κ3) is 6.36. The van der Waals surface area contributed by atoms with E-state index >= 15 is 0 Å². The molecule has 144 valence electrons. The third-order valence-corrected chi connectivity index (χ3v) is 4.73. The van der Waals surface area contributed by atoms with Gasteiger partial charge >= 0.3 is 0 Å². The number of thiocarbonyl (C=S) groups is 1. The Morgan fingerprint density at radius 1 is 1.07 bits per heavy atom. The van der Waals surface area contributed by atoms with Crippen molar-refractivity contribution in [3.8, 4) is 5.75 Å². The highest BCUT2D eigenvalue weighted by Gasteiger charge is 2.11. The molecule has 0 saturated carbocycles. The molecule has 0 unspecified atom stereocenters. The smallest absolute Gasteiger partial charge is 0.264 e. The fourth-order valence-electron chi connectivity index (χ4n) is 2.67. The minimum absolute atomic E-state index is 0.0874. The molecule has 0 heterocycles. The van der Waals surface area contributed by atoms with Crippen molar-refractivity contribution in [3.63, 3.8) is 0 Å². The molecule has 0 spiro atoms. The fraction of sp³-hybridized carbons (Fsp3) is 0.364. The summed E-state index contributed by atoms with van der Waals surface area (Å²) < 4.78 is 5.53. The number of rotatable bonds is 7. The summed E-state index contributed by atoms with van der Waals surface area (Å²) in [5, 5.41) is 6.06. The SMILES string of the molecule is CC[C@H](C)c1ccccc1NC(=S)NC(=O)COc1ccc(C(C)C)cc1. The molecule has 0 aliphatic carbocycles. The summed E-state index contributed by atoms with van der Waals surface area (Å²) in [6.45, 7) is 8.50. The molecule has 0 saturated heterocycles. The Morgan fingerprint density at radius 2 is 1.74 bits per heavy atom. The van der Waals surface area contributed by atoms with Crippen molar-refractivity contribution in [1.29, 1.82) is 0 Å². The van der Waals surface area contributed by atoms with Gasteiger partial charge in [-0.1, -0.05) is 58.0 Å². The summed E-state index contributed by atoms with van der Waals surface area (Å²) in [6, 6.07) is 15.8. The summed E-state index contributed by atoms with van der Waals surface area (Å²) in [6.07, 6.45) is 1.03. The van der Waals surface area contributed by atoms with E-state index in [1.807, 2.05) is 42.5 Å². The van der Waals surface area contributed by atoms with Crippen LogP contribution in [0.2, 0.25) is 0 Å². The number of para-hydroxylation sites is 1. The molecule has 0 aliphatic rings. The summed E-state index contributed by atoms with van der Waals surface area (Å²) >= 11 is 5.27. The Labute approximate surface area is 167 Å². The van der Waals surface area contributed by atoms with E-state index in [-0.39, 0.29) is 17.6 Å². The zero-order valence-electron chi connectivity index (χ0n) is 16.4. The molecule has 0 aromatic heterocycles. The minimum atomic E-state index is -0.290. The van der Waals surface area contributed by atoms with E-state index in [1.165, 1.54) is 11.1 Å². The first-order valence-electron chi connectivity index (χ1n) is 9.33. The van der Waals surface area contributed by atoms with E-state index < -0.39 is 0 Å². The Hall–Kier alpha value is -2.40. The van der Waals surface area contributed by atoms with E-state index in [0.717, 1.165) is 12.1 Å². The van der Waals surface area contributed by atoms with Crippen LogP contribution in [0.25, 0.3) is 0 Å². The zero-order chi connectivity index (χ0) is 19.8. The molecule has 2 aromatic carbocycles. The van der Waals surface area contributed by atoms with Crippen molar-refractivity contribution in [2.75, 3.05) is 11.9 Å². The number of ether oxygens (including phenoxy) is 1. The van der Waals surface area contributed by atoms with Gasteiger partial charge in [-0.25, -0.2) is 0 Å². The molecular formula is C22H28N2O2S. The van der Waals surface area contributed by atoms with Gasteiger partial charge in [0.05, 0.1) is 0 Å². The van der Waals surface area contributed by atoms with Gasteiger partial charge < -0.3 is 10.1 Å². The standard InChI is InChI=1S/C22H28N2O2S/c1-5-16(4)19-8-6-7-9-20(19)23-22(27)24-21(25)14-26-18-12-10-17(11-13-18)15(2)3/h6-13,15-16H,5,14H2,1-4H3,(H2,23,24,25,27)/t16-/m0/s1. The maximum atomic E-state index is 12.1. The van der Waals surface area contributed by atoms with Crippen LogP contribution in [0.1, 0.15) is 57.1 Å². The molecule has 0 aliphatic heterocycles. The first-order valence-corrected chi connectivity index (χ1v) is 9.74. The lowest BCUT2D eigenvalue weighted by atomic mass is 9.97. The minimum Gasteiger partial charge on any atom is -0.484 e. The number of hydrogen-bond acceptors (Lipinski definition) is 3. The molecule has 0 bridgehead atoms. The van der Waals surface area contributed by atoms with E-state index in [4.69, 9.17) is 17.0 Å². The molecule has 2 N–H and O–H groups in total. The van der Waals surface area contributed by atoms with Crippen LogP contribution in [0.4, 0.5) is 5.69 Å². The van der Waals surface area contributed by atoms with Crippen LogP contribution in [0.3, 0.4) is 0 Å². The van der Waals surface area contributed by atoms with E-state index in [0.29, 0.717) is 17.6 Å². The molecular weight excluding hydrogens is 356 g/mol. The van der Waals surface area contributed by atoms with Crippen LogP contribution in [-0.2, 0) is 4.79 Å². The number of hydrogen-bond donors (Lipinski definition) is 2. The van der Waals surface area contributed by atoms with Gasteiger partial charge in [-0.3, -0.25) is 10.1 Å². The highest BCUT2D eigenvalue weighted by Crippen LogP contribution is 2.26. The Morgan fingerprint density at radius 3 is 2.37 bits per heavy atom. The van der Waals surface area contributed by atoms with Crippen LogP contribution in [0, 0.1) is 0 Å². The number of nitrogens with one attached hydrogen (secondary N) is 2. The van der Waals surface area contributed by atoms with E-state index in [2.05, 4.69) is 44.4 Å². The van der Waals surface area contributed by atoms with Crippen molar-refractivity contribution >= 4 is 28.9 Å². The van der Waals surface area contributed by atoms with Crippen molar-refractivity contribution in [3.05, 3.63) is 59.7 Å². The first-order chi connectivity index (χ1) is 12.9. The average Bonchev–Trinajstić information content (AvgIpc) is 2.66. The van der Waals surface area contributed by atoms with Crippen molar-refractivity contribution in [2.24, 2.45) is 0 Å². The maximum Gasteiger partial charge on any atom is 0.264 e. The van der Waals surface area contributed by atoms with Crippen LogP contribution < -0.4 is 15.4 Å². The highest BCUT2D eigenvalue weighted by atomic mass is 32.1. The van der Waals surface area contributed by atoms with E-state index in [9.17, 15) is 4.79 Å². The first kappa shape index (κ1) is 20.9. The summed E-state index contributed by atoms with van der Waals surface area (Å²) in [5.74, 6) is 1.24. The molecule has 1 atom stereocenters. The Kier molecular flexibility index (Phi) is 7.80. The molecule has 27 heavy (non-hydrogen) atoms. The van der Waals surface area contributed by atoms with Crippen molar-refractivity contribution < 1.29 is 9.53 Å². The van der Waals surface area contributed by atoms with Gasteiger partial charge in [-0.15, -0.1) is 0 Å². The van der Waals surface area contributed by atoms with Gasteiger partial charge in [0.1, 0.15) is 5.75 Å². The van der Waals surface area contributed by atoms with Crippen LogP contribution >= 0.6 is 12.2 Å². The molecule has 5 heteroatoms. The molecule has 0 fully saturated rings. The van der Waals surface area contributed by atoms with Gasteiger partial charge in [0.25, 0.3) is 5.91 Å². The largest absolute Gasteiger partial charge is 0.484 e. The average molecular weight is 385 g/mol. The molecule has 2 rings (SSSR count). The molecule has 1 amide bonds. The molecule has 0 radical (unpaired) electrons. The van der Waals surface area contributed by atoms with Gasteiger partial charge in [0.2, 0.25) is 0 Å². The van der Waals surface area contributed by atoms with Crippen LogP contribution in [0.15, 0.2) is 48.5 Å². The molecule has 4 nitrogen and oxygen atoms in total. The van der Waals surface area contributed by atoms with Crippen LogP contribution in [0.5, 0.6) is 5.75 Å². The van der Waals surface area contributed by atoms with Crippen molar-refractivity contribution in [1.82, 2.24) is 5.32 Å².